The van der Waals surface area contributed by atoms with E-state index in [2.05, 4.69) is 32.6 Å². The minimum Gasteiger partial charge on any atom is -0.371 e. The van der Waals surface area contributed by atoms with Crippen molar-refractivity contribution in [3.05, 3.63) is 29.8 Å². The fourth-order valence-electron chi connectivity index (χ4n) is 6.25. The number of rotatable bonds is 3. The topological polar surface area (TPSA) is 67.9 Å². The standard InChI is InChI=1S/C25H35N5O2/c31-22-20-3-1-2-4-21(20)26-24(27-22)29-15-13-28(14-16-29)23(32)18-5-7-19(8-6-18)30-12-11-25(17-30)9-10-25/h5-8,20-21,24,26H,1-4,9-17H2,(H,27,31). The van der Waals surface area contributed by atoms with Crippen LogP contribution in [0.25, 0.3) is 0 Å². The summed E-state index contributed by atoms with van der Waals surface area (Å²) < 4.78 is 0. The largest absolute Gasteiger partial charge is 0.371 e. The molecule has 1 aromatic rings. The van der Waals surface area contributed by atoms with Crippen molar-refractivity contribution in [1.29, 1.82) is 0 Å². The summed E-state index contributed by atoms with van der Waals surface area (Å²) in [7, 11) is 0. The van der Waals surface area contributed by atoms with Crippen LogP contribution in [0.3, 0.4) is 0 Å². The van der Waals surface area contributed by atoms with Crippen molar-refractivity contribution in [3.8, 4) is 0 Å². The Morgan fingerprint density at radius 2 is 1.69 bits per heavy atom. The van der Waals surface area contributed by atoms with Crippen molar-refractivity contribution in [1.82, 2.24) is 20.4 Å². The molecule has 32 heavy (non-hydrogen) atoms. The maximum Gasteiger partial charge on any atom is 0.253 e. The lowest BCUT2D eigenvalue weighted by molar-refractivity contribution is -0.134. The maximum atomic E-state index is 13.1. The number of hydrogen-bond donors (Lipinski definition) is 2. The molecule has 0 radical (unpaired) electrons. The van der Waals surface area contributed by atoms with Crippen molar-refractivity contribution in [2.24, 2.45) is 11.3 Å². The van der Waals surface area contributed by atoms with E-state index in [9.17, 15) is 9.59 Å². The molecule has 7 nitrogen and oxygen atoms in total. The Bertz CT molecular complexity index is 875. The average Bonchev–Trinajstić information content (AvgIpc) is 3.47. The zero-order valence-corrected chi connectivity index (χ0v) is 18.9. The molecule has 2 amide bonds. The second kappa shape index (κ2) is 8.03. The van der Waals surface area contributed by atoms with Gasteiger partial charge in [0.15, 0.2) is 0 Å². The number of carbonyl (C=O) groups excluding carboxylic acids is 2. The summed E-state index contributed by atoms with van der Waals surface area (Å²) >= 11 is 0. The number of benzene rings is 1. The fourth-order valence-corrected chi connectivity index (χ4v) is 6.25. The Labute approximate surface area is 190 Å². The van der Waals surface area contributed by atoms with E-state index in [1.54, 1.807) is 0 Å². The maximum absolute atomic E-state index is 13.1. The molecule has 2 aliphatic carbocycles. The van der Waals surface area contributed by atoms with E-state index in [0.717, 1.165) is 44.5 Å². The van der Waals surface area contributed by atoms with Gasteiger partial charge in [0.1, 0.15) is 6.29 Å². The molecule has 6 rings (SSSR count). The van der Waals surface area contributed by atoms with Crippen LogP contribution >= 0.6 is 0 Å². The predicted molar refractivity (Wildman–Crippen MR) is 123 cm³/mol. The molecule has 0 aromatic heterocycles. The molecule has 3 aliphatic heterocycles. The molecule has 7 heteroatoms. The predicted octanol–water partition coefficient (Wildman–Crippen LogP) is 2.00. The first-order valence-electron chi connectivity index (χ1n) is 12.6. The quantitative estimate of drug-likeness (QED) is 0.757. The minimum absolute atomic E-state index is 0.103. The number of amides is 2. The van der Waals surface area contributed by atoms with Gasteiger partial charge in [0.2, 0.25) is 5.91 Å². The number of anilines is 1. The summed E-state index contributed by atoms with van der Waals surface area (Å²) in [6.07, 6.45) is 8.41. The van der Waals surface area contributed by atoms with E-state index in [4.69, 9.17) is 0 Å². The van der Waals surface area contributed by atoms with Crippen molar-refractivity contribution in [2.45, 2.75) is 57.3 Å². The Hall–Kier alpha value is -2.12. The van der Waals surface area contributed by atoms with Crippen LogP contribution in [-0.2, 0) is 4.79 Å². The highest BCUT2D eigenvalue weighted by molar-refractivity contribution is 5.94. The molecule has 3 heterocycles. The molecule has 0 bridgehead atoms. The monoisotopic (exact) mass is 437 g/mol. The van der Waals surface area contributed by atoms with Gasteiger partial charge in [0.25, 0.3) is 5.91 Å². The summed E-state index contributed by atoms with van der Waals surface area (Å²) in [5.41, 5.74) is 2.63. The first-order valence-corrected chi connectivity index (χ1v) is 12.6. The second-order valence-electron chi connectivity index (χ2n) is 10.6. The van der Waals surface area contributed by atoms with Crippen molar-refractivity contribution >= 4 is 17.5 Å². The van der Waals surface area contributed by atoms with Gasteiger partial charge in [0, 0.05) is 56.6 Å². The summed E-state index contributed by atoms with van der Waals surface area (Å²) in [5.74, 6) is 0.438. The molecule has 2 N–H and O–H groups in total. The molecule has 1 aromatic carbocycles. The van der Waals surface area contributed by atoms with Gasteiger partial charge >= 0.3 is 0 Å². The third kappa shape index (κ3) is 3.79. The highest BCUT2D eigenvalue weighted by atomic mass is 16.2. The average molecular weight is 438 g/mol. The van der Waals surface area contributed by atoms with Gasteiger partial charge in [-0.3, -0.25) is 19.8 Å². The third-order valence-electron chi connectivity index (χ3n) is 8.60. The highest BCUT2D eigenvalue weighted by Crippen LogP contribution is 2.53. The third-order valence-corrected chi connectivity index (χ3v) is 8.60. The SMILES string of the molecule is O=C1NC(N2CCN(C(=O)c3ccc(N4CCC5(CC5)C4)cc3)CC2)NC2CCCCC12. The molecule has 172 valence electrons. The van der Waals surface area contributed by atoms with E-state index in [1.165, 1.54) is 37.9 Å². The van der Waals surface area contributed by atoms with Crippen molar-refractivity contribution in [2.75, 3.05) is 44.2 Å². The van der Waals surface area contributed by atoms with Crippen LogP contribution in [0.1, 0.15) is 55.3 Å². The Morgan fingerprint density at radius 1 is 0.938 bits per heavy atom. The molecule has 3 unspecified atom stereocenters. The van der Waals surface area contributed by atoms with Gasteiger partial charge in [0.05, 0.1) is 5.92 Å². The van der Waals surface area contributed by atoms with Gasteiger partial charge in [-0.15, -0.1) is 0 Å². The second-order valence-corrected chi connectivity index (χ2v) is 10.6. The summed E-state index contributed by atoms with van der Waals surface area (Å²) in [6.45, 7) is 5.25. The number of fused-ring (bicyclic) bond motifs is 1. The number of nitrogens with one attached hydrogen (secondary N) is 2. The summed E-state index contributed by atoms with van der Waals surface area (Å²) in [6, 6.07) is 8.52. The van der Waals surface area contributed by atoms with E-state index >= 15 is 0 Å². The van der Waals surface area contributed by atoms with E-state index in [0.29, 0.717) is 24.5 Å². The Morgan fingerprint density at radius 3 is 2.41 bits per heavy atom. The van der Waals surface area contributed by atoms with Gasteiger partial charge in [-0.05, 0) is 61.8 Å². The van der Waals surface area contributed by atoms with E-state index < -0.39 is 0 Å². The zero-order chi connectivity index (χ0) is 21.7. The molecular weight excluding hydrogens is 402 g/mol. The smallest absolute Gasteiger partial charge is 0.253 e. The minimum atomic E-state index is -0.103. The Kier molecular flexibility index (Phi) is 5.14. The number of hydrogen-bond acceptors (Lipinski definition) is 5. The van der Waals surface area contributed by atoms with Crippen LogP contribution in [0, 0.1) is 11.3 Å². The van der Waals surface area contributed by atoms with Crippen LogP contribution in [0.2, 0.25) is 0 Å². The highest BCUT2D eigenvalue weighted by Gasteiger charge is 2.47. The number of nitrogens with zero attached hydrogens (tertiary/aromatic N) is 3. The fraction of sp³-hybridized carbons (Fsp3) is 0.680. The lowest BCUT2D eigenvalue weighted by Crippen LogP contribution is -2.69. The van der Waals surface area contributed by atoms with Crippen LogP contribution in [0.4, 0.5) is 5.69 Å². The van der Waals surface area contributed by atoms with E-state index in [1.807, 2.05) is 17.0 Å². The Balaban J connectivity index is 1.03. The van der Waals surface area contributed by atoms with Gasteiger partial charge in [-0.25, -0.2) is 0 Å². The summed E-state index contributed by atoms with van der Waals surface area (Å²) in [5, 5.41) is 6.83. The van der Waals surface area contributed by atoms with Gasteiger partial charge in [-0.1, -0.05) is 12.8 Å². The van der Waals surface area contributed by atoms with Crippen molar-refractivity contribution < 1.29 is 9.59 Å². The first-order chi connectivity index (χ1) is 15.6. The van der Waals surface area contributed by atoms with E-state index in [-0.39, 0.29) is 24.0 Å². The van der Waals surface area contributed by atoms with Crippen LogP contribution in [-0.4, -0.2) is 73.2 Å². The molecule has 5 fully saturated rings. The molecule has 3 atom stereocenters. The van der Waals surface area contributed by atoms with Crippen LogP contribution < -0.4 is 15.5 Å². The number of piperazine rings is 1. The molecule has 1 spiro atoms. The van der Waals surface area contributed by atoms with Crippen molar-refractivity contribution in [3.63, 3.8) is 0 Å². The molecule has 2 saturated carbocycles. The lowest BCUT2D eigenvalue weighted by atomic mass is 9.82. The zero-order valence-electron chi connectivity index (χ0n) is 18.9. The summed E-state index contributed by atoms with van der Waals surface area (Å²) in [4.78, 5) is 32.3. The first kappa shape index (κ1) is 20.5. The lowest BCUT2D eigenvalue weighted by Gasteiger charge is -2.46. The molecule has 5 aliphatic rings. The molecule has 3 saturated heterocycles. The van der Waals surface area contributed by atoms with Crippen LogP contribution in [0.15, 0.2) is 24.3 Å². The van der Waals surface area contributed by atoms with Gasteiger partial charge in [-0.2, -0.15) is 0 Å². The molecular formula is C25H35N5O2. The normalized spacial score (nSPS) is 32.0. The number of carbonyl (C=O) groups is 2. The van der Waals surface area contributed by atoms with Gasteiger partial charge < -0.3 is 15.1 Å². The van der Waals surface area contributed by atoms with Crippen LogP contribution in [0.5, 0.6) is 0 Å².